The highest BCUT2D eigenvalue weighted by atomic mass is 32.2. The van der Waals surface area contributed by atoms with Gasteiger partial charge in [-0.05, 0) is 43.7 Å². The summed E-state index contributed by atoms with van der Waals surface area (Å²) in [6.07, 6.45) is -1.01. The van der Waals surface area contributed by atoms with Crippen LogP contribution in [0.4, 0.5) is 5.69 Å². The molecule has 150 valence electrons. The standard InChI is InChI=1S/C19H22N2O6S/c1-12-9-10-14(19(23)27-13(2)18(22)20-3)11-17(12)28(24,25)21-15-7-5-6-8-16(15)26-4/h5-11,13,21H,1-4H3,(H,20,22)/t13-/m0/s1. The van der Waals surface area contributed by atoms with Crippen LogP contribution in [0.15, 0.2) is 47.4 Å². The molecule has 2 aromatic carbocycles. The van der Waals surface area contributed by atoms with Crippen molar-refractivity contribution in [1.82, 2.24) is 5.32 Å². The van der Waals surface area contributed by atoms with Gasteiger partial charge in [0.1, 0.15) is 5.75 Å². The number of benzene rings is 2. The molecule has 0 aliphatic rings. The fourth-order valence-corrected chi connectivity index (χ4v) is 3.77. The Balaban J connectivity index is 2.33. The summed E-state index contributed by atoms with van der Waals surface area (Å²) in [5, 5.41) is 2.37. The van der Waals surface area contributed by atoms with Crippen LogP contribution in [-0.2, 0) is 19.6 Å². The maximum absolute atomic E-state index is 12.9. The predicted octanol–water partition coefficient (Wildman–Crippen LogP) is 2.10. The number of nitrogens with one attached hydrogen (secondary N) is 2. The average Bonchev–Trinajstić information content (AvgIpc) is 2.67. The van der Waals surface area contributed by atoms with E-state index in [9.17, 15) is 18.0 Å². The average molecular weight is 406 g/mol. The first-order valence-electron chi connectivity index (χ1n) is 8.38. The molecule has 0 spiro atoms. The second-order valence-electron chi connectivity index (χ2n) is 5.95. The van der Waals surface area contributed by atoms with Gasteiger partial charge in [-0.1, -0.05) is 18.2 Å². The largest absolute Gasteiger partial charge is 0.495 e. The SMILES string of the molecule is CNC(=O)[C@H](C)OC(=O)c1ccc(C)c(S(=O)(=O)Nc2ccccc2OC)c1. The third-order valence-electron chi connectivity index (χ3n) is 3.96. The number of ether oxygens (including phenoxy) is 2. The molecule has 8 nitrogen and oxygen atoms in total. The maximum atomic E-state index is 12.9. The van der Waals surface area contributed by atoms with E-state index < -0.39 is 28.0 Å². The summed E-state index contributed by atoms with van der Waals surface area (Å²) in [5.74, 6) is -0.908. The van der Waals surface area contributed by atoms with E-state index in [2.05, 4.69) is 10.0 Å². The van der Waals surface area contributed by atoms with Crippen molar-refractivity contribution < 1.29 is 27.5 Å². The minimum absolute atomic E-state index is 0.0155. The number of likely N-dealkylation sites (N-methyl/N-ethyl adjacent to an activating group) is 1. The molecular weight excluding hydrogens is 384 g/mol. The molecule has 0 radical (unpaired) electrons. The molecule has 0 aliphatic heterocycles. The highest BCUT2D eigenvalue weighted by Gasteiger charge is 2.23. The lowest BCUT2D eigenvalue weighted by Gasteiger charge is -2.15. The second-order valence-corrected chi connectivity index (χ2v) is 7.60. The Hall–Kier alpha value is -3.07. The van der Waals surface area contributed by atoms with Gasteiger partial charge in [-0.15, -0.1) is 0 Å². The minimum Gasteiger partial charge on any atom is -0.495 e. The van der Waals surface area contributed by atoms with Gasteiger partial charge in [0.25, 0.3) is 15.9 Å². The number of methoxy groups -OCH3 is 1. The maximum Gasteiger partial charge on any atom is 0.338 e. The molecule has 28 heavy (non-hydrogen) atoms. The number of sulfonamides is 1. The second kappa shape index (κ2) is 8.75. The monoisotopic (exact) mass is 406 g/mol. The minimum atomic E-state index is -4.00. The summed E-state index contributed by atoms with van der Waals surface area (Å²) in [4.78, 5) is 23.7. The summed E-state index contributed by atoms with van der Waals surface area (Å²) in [6.45, 7) is 3.03. The topological polar surface area (TPSA) is 111 Å². The Morgan fingerprint density at radius 1 is 1.11 bits per heavy atom. The first-order valence-corrected chi connectivity index (χ1v) is 9.87. The molecule has 0 fully saturated rings. The zero-order valence-corrected chi connectivity index (χ0v) is 16.8. The number of amides is 1. The van der Waals surface area contributed by atoms with Gasteiger partial charge < -0.3 is 14.8 Å². The van der Waals surface area contributed by atoms with Crippen molar-refractivity contribution in [2.24, 2.45) is 0 Å². The summed E-state index contributed by atoms with van der Waals surface area (Å²) in [7, 11) is -1.14. The van der Waals surface area contributed by atoms with Crippen LogP contribution in [0.3, 0.4) is 0 Å². The Morgan fingerprint density at radius 2 is 1.79 bits per heavy atom. The first kappa shape index (κ1) is 21.2. The Bertz CT molecular complexity index is 988. The van der Waals surface area contributed by atoms with Crippen molar-refractivity contribution >= 4 is 27.6 Å². The van der Waals surface area contributed by atoms with Crippen molar-refractivity contribution in [3.05, 3.63) is 53.6 Å². The van der Waals surface area contributed by atoms with Crippen molar-refractivity contribution in [3.8, 4) is 5.75 Å². The highest BCUT2D eigenvalue weighted by molar-refractivity contribution is 7.92. The van der Waals surface area contributed by atoms with E-state index in [0.717, 1.165) is 0 Å². The molecule has 0 saturated heterocycles. The lowest BCUT2D eigenvalue weighted by molar-refractivity contribution is -0.128. The van der Waals surface area contributed by atoms with Gasteiger partial charge in [-0.2, -0.15) is 0 Å². The van der Waals surface area contributed by atoms with Crippen LogP contribution in [0.2, 0.25) is 0 Å². The molecule has 0 aromatic heterocycles. The molecule has 9 heteroatoms. The first-order chi connectivity index (χ1) is 13.2. The number of anilines is 1. The third kappa shape index (κ3) is 4.80. The Labute approximate surface area is 163 Å². The van der Waals surface area contributed by atoms with Gasteiger partial charge in [0.15, 0.2) is 6.10 Å². The molecular formula is C19H22N2O6S. The van der Waals surface area contributed by atoms with Gasteiger partial charge in [0.05, 0.1) is 23.3 Å². The zero-order valence-electron chi connectivity index (χ0n) is 16.0. The van der Waals surface area contributed by atoms with E-state index in [1.54, 1.807) is 31.2 Å². The van der Waals surface area contributed by atoms with Crippen LogP contribution in [0.25, 0.3) is 0 Å². The molecule has 0 aliphatic carbocycles. The quantitative estimate of drug-likeness (QED) is 0.681. The molecule has 0 bridgehead atoms. The molecule has 1 amide bonds. The number of aryl methyl sites for hydroxylation is 1. The van der Waals surface area contributed by atoms with E-state index in [-0.39, 0.29) is 16.1 Å². The summed E-state index contributed by atoms with van der Waals surface area (Å²) >= 11 is 0. The van der Waals surface area contributed by atoms with E-state index in [0.29, 0.717) is 11.3 Å². The fourth-order valence-electron chi connectivity index (χ4n) is 2.43. The molecule has 0 unspecified atom stereocenters. The number of para-hydroxylation sites is 2. The van der Waals surface area contributed by atoms with Crippen molar-refractivity contribution in [2.75, 3.05) is 18.9 Å². The summed E-state index contributed by atoms with van der Waals surface area (Å²) in [6, 6.07) is 10.7. The van der Waals surface area contributed by atoms with Crippen LogP contribution < -0.4 is 14.8 Å². The highest BCUT2D eigenvalue weighted by Crippen LogP contribution is 2.27. The number of carbonyl (C=O) groups excluding carboxylic acids is 2. The fraction of sp³-hybridized carbons (Fsp3) is 0.263. The Kier molecular flexibility index (Phi) is 6.63. The molecule has 2 rings (SSSR count). The number of carbonyl (C=O) groups is 2. The van der Waals surface area contributed by atoms with Gasteiger partial charge in [-0.3, -0.25) is 9.52 Å². The number of hydrogen-bond acceptors (Lipinski definition) is 6. The molecule has 2 aromatic rings. The van der Waals surface area contributed by atoms with Crippen LogP contribution in [-0.4, -0.2) is 40.6 Å². The predicted molar refractivity (Wildman–Crippen MR) is 104 cm³/mol. The molecule has 0 heterocycles. The summed E-state index contributed by atoms with van der Waals surface area (Å²) in [5.41, 5.74) is 0.727. The smallest absolute Gasteiger partial charge is 0.338 e. The van der Waals surface area contributed by atoms with Gasteiger partial charge in [0.2, 0.25) is 0 Å². The van der Waals surface area contributed by atoms with Crippen molar-refractivity contribution in [2.45, 2.75) is 24.8 Å². The number of hydrogen-bond donors (Lipinski definition) is 2. The molecule has 1 atom stereocenters. The van der Waals surface area contributed by atoms with Gasteiger partial charge in [0, 0.05) is 7.05 Å². The zero-order chi connectivity index (χ0) is 20.9. The van der Waals surface area contributed by atoms with Crippen LogP contribution >= 0.6 is 0 Å². The lowest BCUT2D eigenvalue weighted by Crippen LogP contribution is -2.33. The Morgan fingerprint density at radius 3 is 2.43 bits per heavy atom. The van der Waals surface area contributed by atoms with E-state index >= 15 is 0 Å². The summed E-state index contributed by atoms with van der Waals surface area (Å²) < 4.78 is 38.4. The normalized spacial score (nSPS) is 12.0. The van der Waals surface area contributed by atoms with Crippen LogP contribution in [0, 0.1) is 6.92 Å². The van der Waals surface area contributed by atoms with E-state index in [1.165, 1.54) is 39.3 Å². The molecule has 0 saturated carbocycles. The number of esters is 1. The lowest BCUT2D eigenvalue weighted by atomic mass is 10.1. The third-order valence-corrected chi connectivity index (χ3v) is 5.47. The molecule has 2 N–H and O–H groups in total. The van der Waals surface area contributed by atoms with Crippen LogP contribution in [0.5, 0.6) is 5.75 Å². The van der Waals surface area contributed by atoms with Gasteiger partial charge in [-0.25, -0.2) is 13.2 Å². The van der Waals surface area contributed by atoms with Crippen molar-refractivity contribution in [1.29, 1.82) is 0 Å². The van der Waals surface area contributed by atoms with E-state index in [4.69, 9.17) is 9.47 Å². The van der Waals surface area contributed by atoms with Gasteiger partial charge >= 0.3 is 5.97 Å². The van der Waals surface area contributed by atoms with E-state index in [1.807, 2.05) is 0 Å². The van der Waals surface area contributed by atoms with Crippen molar-refractivity contribution in [3.63, 3.8) is 0 Å². The number of rotatable bonds is 7. The van der Waals surface area contributed by atoms with Crippen LogP contribution in [0.1, 0.15) is 22.8 Å².